The first-order valence-electron chi connectivity index (χ1n) is 8.88. The number of aliphatic hydroxyl groups excluding tert-OH is 3. The zero-order valence-corrected chi connectivity index (χ0v) is 15.8. The lowest BCUT2D eigenvalue weighted by atomic mass is 10.1. The molecule has 0 amide bonds. The largest absolute Gasteiger partial charge is 0.445 e. The smallest absolute Gasteiger partial charge is 0.396 e. The lowest BCUT2D eigenvalue weighted by molar-refractivity contribution is -0.251. The van der Waals surface area contributed by atoms with Crippen LogP contribution in [-0.4, -0.2) is 77.0 Å². The van der Waals surface area contributed by atoms with E-state index in [1.807, 2.05) is 13.8 Å². The molecule has 1 heterocycles. The molecule has 0 radical (unpaired) electrons. The second-order valence-electron chi connectivity index (χ2n) is 6.63. The minimum atomic E-state index is -2.89. The van der Waals surface area contributed by atoms with Crippen molar-refractivity contribution >= 4 is 23.9 Å². The Hall–Kier alpha value is -2.24. The molecule has 1 rings (SSSR count). The number of unbranched alkanes of at least 4 members (excludes halogenated alkanes) is 1. The molecule has 0 aromatic heterocycles. The van der Waals surface area contributed by atoms with E-state index in [4.69, 9.17) is 9.47 Å². The Balaban J connectivity index is 3.00. The topological polar surface area (TPSA) is 166 Å². The van der Waals surface area contributed by atoms with Crippen LogP contribution < -0.4 is 0 Å². The van der Waals surface area contributed by atoms with E-state index >= 15 is 0 Å². The predicted molar refractivity (Wildman–Crippen MR) is 89.2 cm³/mol. The third kappa shape index (κ3) is 6.43. The molecule has 0 aromatic carbocycles. The number of aliphatic hydroxyl groups is 3. The summed E-state index contributed by atoms with van der Waals surface area (Å²) in [4.78, 5) is 48.4. The first-order valence-corrected chi connectivity index (χ1v) is 8.88. The van der Waals surface area contributed by atoms with Crippen molar-refractivity contribution in [2.75, 3.05) is 19.8 Å². The Kier molecular flexibility index (Phi) is 9.29. The monoisotopic (exact) mass is 406 g/mol. The second kappa shape index (κ2) is 10.9. The molecule has 1 aliphatic heterocycles. The Labute approximate surface area is 161 Å². The van der Waals surface area contributed by atoms with Crippen LogP contribution in [0.3, 0.4) is 0 Å². The van der Waals surface area contributed by atoms with Gasteiger partial charge in [0.15, 0.2) is 0 Å². The quantitative estimate of drug-likeness (QED) is 0.239. The van der Waals surface area contributed by atoms with Crippen LogP contribution in [0, 0.1) is 5.92 Å². The van der Waals surface area contributed by atoms with Gasteiger partial charge in [0.05, 0.1) is 13.2 Å². The fourth-order valence-electron chi connectivity index (χ4n) is 2.27. The summed E-state index contributed by atoms with van der Waals surface area (Å²) in [6.07, 6.45) is -1.85. The SMILES string of the molecule is CC(C)CCCCC(=O)OC1(CO)OC(=O)C(CO)OC(=O)C(CO)OC1=O. The van der Waals surface area contributed by atoms with Gasteiger partial charge in [0, 0.05) is 6.42 Å². The minimum absolute atomic E-state index is 0.123. The first-order chi connectivity index (χ1) is 13.2. The molecule has 160 valence electrons. The summed E-state index contributed by atoms with van der Waals surface area (Å²) in [5, 5.41) is 28.0. The molecule has 11 nitrogen and oxygen atoms in total. The molecule has 11 heteroatoms. The molecule has 0 aliphatic carbocycles. The third-order valence-electron chi connectivity index (χ3n) is 3.84. The number of hydrogen-bond acceptors (Lipinski definition) is 11. The van der Waals surface area contributed by atoms with Gasteiger partial charge in [-0.05, 0) is 12.3 Å². The zero-order chi connectivity index (χ0) is 21.3. The number of hydrogen-bond donors (Lipinski definition) is 3. The van der Waals surface area contributed by atoms with Crippen LogP contribution >= 0.6 is 0 Å². The molecule has 0 bridgehead atoms. The summed E-state index contributed by atoms with van der Waals surface area (Å²) < 4.78 is 18.9. The molecule has 0 saturated carbocycles. The summed E-state index contributed by atoms with van der Waals surface area (Å²) in [6.45, 7) is 0.706. The maximum Gasteiger partial charge on any atom is 0.396 e. The van der Waals surface area contributed by atoms with Gasteiger partial charge in [0.2, 0.25) is 12.2 Å². The number of esters is 4. The third-order valence-corrected chi connectivity index (χ3v) is 3.84. The molecule has 3 unspecified atom stereocenters. The fourth-order valence-corrected chi connectivity index (χ4v) is 2.27. The van der Waals surface area contributed by atoms with Gasteiger partial charge in [-0.1, -0.05) is 26.7 Å². The highest BCUT2D eigenvalue weighted by molar-refractivity contribution is 5.90. The van der Waals surface area contributed by atoms with Crippen molar-refractivity contribution in [1.82, 2.24) is 0 Å². The molecule has 1 fully saturated rings. The van der Waals surface area contributed by atoms with Crippen molar-refractivity contribution < 1.29 is 53.4 Å². The standard InChI is InChI=1S/C17H26O11/c1-10(2)5-3-4-6-13(21)27-17(9-20)16(24)26-11(7-18)14(22)25-12(8-19)15(23)28-17/h10-12,18-20H,3-9H2,1-2H3. The van der Waals surface area contributed by atoms with E-state index in [9.17, 15) is 34.5 Å². The number of ether oxygens (including phenoxy) is 4. The molecule has 28 heavy (non-hydrogen) atoms. The molecule has 0 aromatic rings. The summed E-state index contributed by atoms with van der Waals surface area (Å²) in [7, 11) is 0. The van der Waals surface area contributed by atoms with Gasteiger partial charge in [0.1, 0.15) is 6.61 Å². The minimum Gasteiger partial charge on any atom is -0.445 e. The van der Waals surface area contributed by atoms with Crippen LogP contribution in [-0.2, 0) is 38.1 Å². The number of rotatable bonds is 9. The Morgan fingerprint density at radius 1 is 1.04 bits per heavy atom. The maximum absolute atomic E-state index is 12.4. The van der Waals surface area contributed by atoms with Crippen LogP contribution in [0.15, 0.2) is 0 Å². The number of carbonyl (C=O) groups is 4. The molecular weight excluding hydrogens is 380 g/mol. The fraction of sp³-hybridized carbons (Fsp3) is 0.765. The molecule has 3 N–H and O–H groups in total. The van der Waals surface area contributed by atoms with Crippen LogP contribution in [0.1, 0.15) is 39.5 Å². The lowest BCUT2D eigenvalue weighted by Crippen LogP contribution is -2.53. The van der Waals surface area contributed by atoms with E-state index in [0.29, 0.717) is 18.8 Å². The van der Waals surface area contributed by atoms with Crippen molar-refractivity contribution in [1.29, 1.82) is 0 Å². The van der Waals surface area contributed by atoms with Crippen LogP contribution in [0.25, 0.3) is 0 Å². The molecule has 0 spiro atoms. The molecule has 1 aliphatic rings. The van der Waals surface area contributed by atoms with Crippen LogP contribution in [0.2, 0.25) is 0 Å². The zero-order valence-electron chi connectivity index (χ0n) is 15.8. The van der Waals surface area contributed by atoms with E-state index in [-0.39, 0.29) is 6.42 Å². The summed E-state index contributed by atoms with van der Waals surface area (Å²) in [5.74, 6) is -7.73. The van der Waals surface area contributed by atoms with Gasteiger partial charge in [-0.15, -0.1) is 0 Å². The van der Waals surface area contributed by atoms with Crippen molar-refractivity contribution in [2.24, 2.45) is 5.92 Å². The van der Waals surface area contributed by atoms with Gasteiger partial charge in [0.25, 0.3) is 0 Å². The lowest BCUT2D eigenvalue weighted by Gasteiger charge is -2.28. The van der Waals surface area contributed by atoms with Gasteiger partial charge in [-0.2, -0.15) is 0 Å². The summed E-state index contributed by atoms with van der Waals surface area (Å²) in [5.41, 5.74) is 0. The van der Waals surface area contributed by atoms with Gasteiger partial charge < -0.3 is 34.3 Å². The average molecular weight is 406 g/mol. The highest BCUT2D eigenvalue weighted by Gasteiger charge is 2.52. The Morgan fingerprint density at radius 2 is 1.64 bits per heavy atom. The maximum atomic E-state index is 12.4. The van der Waals surface area contributed by atoms with Gasteiger partial charge >= 0.3 is 29.7 Å². The average Bonchev–Trinajstić information content (AvgIpc) is 2.68. The van der Waals surface area contributed by atoms with E-state index in [1.165, 1.54) is 0 Å². The van der Waals surface area contributed by atoms with E-state index in [2.05, 4.69) is 9.47 Å². The van der Waals surface area contributed by atoms with E-state index < -0.39 is 61.7 Å². The highest BCUT2D eigenvalue weighted by atomic mass is 16.8. The highest BCUT2D eigenvalue weighted by Crippen LogP contribution is 2.22. The number of carbonyl (C=O) groups excluding carboxylic acids is 4. The second-order valence-corrected chi connectivity index (χ2v) is 6.63. The normalized spacial score (nSPS) is 25.9. The molecular formula is C17H26O11. The molecule has 1 saturated heterocycles. The Bertz CT molecular complexity index is 571. The number of cyclic esters (lactones) is 3. The van der Waals surface area contributed by atoms with Crippen molar-refractivity contribution in [3.63, 3.8) is 0 Å². The first kappa shape index (κ1) is 23.8. The van der Waals surface area contributed by atoms with Crippen molar-refractivity contribution in [3.8, 4) is 0 Å². The summed E-state index contributed by atoms with van der Waals surface area (Å²) >= 11 is 0. The van der Waals surface area contributed by atoms with E-state index in [0.717, 1.165) is 6.42 Å². The predicted octanol–water partition coefficient (Wildman–Crippen LogP) is -1.20. The van der Waals surface area contributed by atoms with E-state index in [1.54, 1.807) is 0 Å². The van der Waals surface area contributed by atoms with Crippen LogP contribution in [0.4, 0.5) is 0 Å². The van der Waals surface area contributed by atoms with Gasteiger partial charge in [-0.3, -0.25) is 4.79 Å². The Morgan fingerprint density at radius 3 is 2.18 bits per heavy atom. The van der Waals surface area contributed by atoms with Crippen LogP contribution in [0.5, 0.6) is 0 Å². The molecule has 3 atom stereocenters. The summed E-state index contributed by atoms with van der Waals surface area (Å²) in [6, 6.07) is 0. The van der Waals surface area contributed by atoms with Crippen molar-refractivity contribution in [2.45, 2.75) is 57.5 Å². The van der Waals surface area contributed by atoms with Gasteiger partial charge in [-0.25, -0.2) is 14.4 Å². The van der Waals surface area contributed by atoms with Crippen molar-refractivity contribution in [3.05, 3.63) is 0 Å².